The molecule has 0 unspecified atom stereocenters. The Bertz CT molecular complexity index is 314. The summed E-state index contributed by atoms with van der Waals surface area (Å²) in [4.78, 5) is 0. The summed E-state index contributed by atoms with van der Waals surface area (Å²) in [6.07, 6.45) is 6.03. The Balaban J connectivity index is 1.82. The highest BCUT2D eigenvalue weighted by atomic mass is 16.5. The molecule has 3 rings (SSSR count). The van der Waals surface area contributed by atoms with E-state index in [1.807, 2.05) is 0 Å². The van der Waals surface area contributed by atoms with Crippen molar-refractivity contribution in [3.8, 4) is 0 Å². The van der Waals surface area contributed by atoms with E-state index in [1.54, 1.807) is 5.06 Å². The molecule has 5 nitrogen and oxygen atoms in total. The van der Waals surface area contributed by atoms with Crippen LogP contribution in [-0.4, -0.2) is 55.0 Å². The second-order valence-electron chi connectivity index (χ2n) is 7.28. The quantitative estimate of drug-likeness (QED) is 0.537. The monoisotopic (exact) mass is 285 g/mol. The molecule has 0 aromatic carbocycles. The number of hydroxylamine groups is 2. The Morgan fingerprint density at radius 2 is 1.00 bits per heavy atom. The first kappa shape index (κ1) is 14.7. The topological polar surface area (TPSA) is 84.2 Å². The number of hydrogen-bond acceptors (Lipinski definition) is 5. The van der Waals surface area contributed by atoms with E-state index in [0.29, 0.717) is 38.5 Å². The highest BCUT2D eigenvalue weighted by Crippen LogP contribution is 2.50. The van der Waals surface area contributed by atoms with Gasteiger partial charge in [0.25, 0.3) is 0 Å². The van der Waals surface area contributed by atoms with Crippen molar-refractivity contribution < 1.29 is 20.5 Å². The van der Waals surface area contributed by atoms with E-state index < -0.39 is 0 Å². The van der Waals surface area contributed by atoms with Gasteiger partial charge in [-0.3, -0.25) is 0 Å². The zero-order chi connectivity index (χ0) is 14.4. The smallest absolute Gasteiger partial charge is 0.0577 e. The third-order valence-electron chi connectivity index (χ3n) is 5.90. The van der Waals surface area contributed by atoms with Crippen LogP contribution in [-0.2, 0) is 0 Å². The molecule has 1 saturated heterocycles. The fourth-order valence-electron chi connectivity index (χ4n) is 4.74. The molecule has 4 N–H and O–H groups in total. The summed E-state index contributed by atoms with van der Waals surface area (Å²) < 4.78 is 0. The van der Waals surface area contributed by atoms with Crippen LogP contribution in [0.15, 0.2) is 0 Å². The van der Waals surface area contributed by atoms with E-state index in [9.17, 15) is 20.5 Å². The highest BCUT2D eigenvalue weighted by molar-refractivity contribution is 5.07. The second kappa shape index (κ2) is 5.21. The van der Waals surface area contributed by atoms with Gasteiger partial charge in [0.1, 0.15) is 0 Å². The molecular formula is C15H27NO4. The fourth-order valence-corrected chi connectivity index (χ4v) is 4.74. The van der Waals surface area contributed by atoms with Crippen LogP contribution >= 0.6 is 0 Å². The van der Waals surface area contributed by atoms with Gasteiger partial charge in [-0.2, -0.15) is 5.06 Å². The lowest BCUT2D eigenvalue weighted by Gasteiger charge is -2.59. The van der Waals surface area contributed by atoms with E-state index in [1.165, 1.54) is 0 Å². The van der Waals surface area contributed by atoms with Crippen LogP contribution < -0.4 is 0 Å². The Kier molecular flexibility index (Phi) is 3.84. The lowest BCUT2D eigenvalue weighted by atomic mass is 9.65. The van der Waals surface area contributed by atoms with Crippen molar-refractivity contribution in [3.05, 3.63) is 0 Å². The lowest BCUT2D eigenvalue weighted by molar-refractivity contribution is -0.296. The molecule has 0 bridgehead atoms. The number of aliphatic hydroxyl groups excluding tert-OH is 3. The summed E-state index contributed by atoms with van der Waals surface area (Å²) in [7, 11) is 0. The van der Waals surface area contributed by atoms with E-state index in [4.69, 9.17) is 0 Å². The first-order valence-corrected chi connectivity index (χ1v) is 7.99. The Morgan fingerprint density at radius 1 is 0.650 bits per heavy atom. The summed E-state index contributed by atoms with van der Waals surface area (Å²) in [5.41, 5.74) is -0.752. The molecular weight excluding hydrogens is 258 g/mol. The molecule has 2 spiro atoms. The number of nitrogens with zero attached hydrogens (tertiary/aromatic N) is 1. The summed E-state index contributed by atoms with van der Waals surface area (Å²) in [5, 5.41) is 42.2. The van der Waals surface area contributed by atoms with Crippen molar-refractivity contribution in [2.24, 2.45) is 0 Å². The van der Waals surface area contributed by atoms with Gasteiger partial charge in [0.2, 0.25) is 0 Å². The van der Waals surface area contributed by atoms with Gasteiger partial charge in [-0.05, 0) is 64.2 Å². The van der Waals surface area contributed by atoms with Crippen LogP contribution in [0.2, 0.25) is 0 Å². The normalized spacial score (nSPS) is 50.7. The molecule has 0 atom stereocenters. The molecule has 116 valence electrons. The van der Waals surface area contributed by atoms with Gasteiger partial charge in [-0.1, -0.05) is 0 Å². The number of hydrogen-bond donors (Lipinski definition) is 4. The summed E-state index contributed by atoms with van der Waals surface area (Å²) in [5.74, 6) is 0. The molecule has 3 aliphatic rings. The minimum absolute atomic E-state index is 0.266. The minimum Gasteiger partial charge on any atom is -0.393 e. The van der Waals surface area contributed by atoms with Gasteiger partial charge in [-0.15, -0.1) is 0 Å². The van der Waals surface area contributed by atoms with Gasteiger partial charge in [-0.25, -0.2) is 0 Å². The van der Waals surface area contributed by atoms with Gasteiger partial charge < -0.3 is 20.5 Å². The van der Waals surface area contributed by atoms with E-state index >= 15 is 0 Å². The maximum atomic E-state index is 10.9. The molecule has 0 amide bonds. The summed E-state index contributed by atoms with van der Waals surface area (Å²) in [6, 6.07) is 0. The van der Waals surface area contributed by atoms with Crippen molar-refractivity contribution in [2.75, 3.05) is 0 Å². The molecule has 3 fully saturated rings. The summed E-state index contributed by atoms with van der Waals surface area (Å²) >= 11 is 0. The fraction of sp³-hybridized carbons (Fsp3) is 1.00. The number of piperidine rings is 1. The SMILES string of the molecule is OC1CCC2(CC1)CC(O)CC1(CCC(O)CC1)N2O. The highest BCUT2D eigenvalue weighted by Gasteiger charge is 2.55. The predicted molar refractivity (Wildman–Crippen MR) is 73.3 cm³/mol. The lowest BCUT2D eigenvalue weighted by Crippen LogP contribution is -2.67. The molecule has 5 heteroatoms. The summed E-state index contributed by atoms with van der Waals surface area (Å²) in [6.45, 7) is 0. The van der Waals surface area contributed by atoms with Crippen molar-refractivity contribution in [1.29, 1.82) is 0 Å². The van der Waals surface area contributed by atoms with Gasteiger partial charge >= 0.3 is 0 Å². The predicted octanol–water partition coefficient (Wildman–Crippen LogP) is 1.18. The maximum absolute atomic E-state index is 10.9. The Morgan fingerprint density at radius 3 is 1.35 bits per heavy atom. The van der Waals surface area contributed by atoms with Gasteiger partial charge in [0.05, 0.1) is 18.3 Å². The molecule has 0 aromatic rings. The molecule has 1 heterocycles. The van der Waals surface area contributed by atoms with Crippen molar-refractivity contribution in [2.45, 2.75) is 93.6 Å². The van der Waals surface area contributed by atoms with E-state index in [0.717, 1.165) is 25.7 Å². The standard InChI is InChI=1S/C15H27NO4/c17-11-1-5-14(6-2-11)9-13(19)10-15(16(14)20)7-3-12(18)4-8-15/h11-13,17-20H,1-10H2. The van der Waals surface area contributed by atoms with E-state index in [-0.39, 0.29) is 29.4 Å². The van der Waals surface area contributed by atoms with Gasteiger partial charge in [0.15, 0.2) is 0 Å². The van der Waals surface area contributed by atoms with Crippen molar-refractivity contribution in [1.82, 2.24) is 5.06 Å². The molecule has 1 aliphatic heterocycles. The van der Waals surface area contributed by atoms with Crippen molar-refractivity contribution >= 4 is 0 Å². The van der Waals surface area contributed by atoms with Gasteiger partial charge in [0, 0.05) is 11.1 Å². The van der Waals surface area contributed by atoms with Crippen molar-refractivity contribution in [3.63, 3.8) is 0 Å². The zero-order valence-electron chi connectivity index (χ0n) is 12.0. The van der Waals surface area contributed by atoms with Crippen LogP contribution in [0.25, 0.3) is 0 Å². The van der Waals surface area contributed by atoms with Crippen LogP contribution in [0.5, 0.6) is 0 Å². The zero-order valence-corrected chi connectivity index (χ0v) is 12.0. The molecule has 2 saturated carbocycles. The largest absolute Gasteiger partial charge is 0.393 e. The third-order valence-corrected chi connectivity index (χ3v) is 5.90. The van der Waals surface area contributed by atoms with Crippen LogP contribution in [0.1, 0.15) is 64.2 Å². The minimum atomic E-state index is -0.385. The molecule has 0 radical (unpaired) electrons. The maximum Gasteiger partial charge on any atom is 0.0577 e. The Labute approximate surface area is 120 Å². The Hall–Kier alpha value is -0.200. The van der Waals surface area contributed by atoms with E-state index in [2.05, 4.69) is 0 Å². The number of aliphatic hydroxyl groups is 3. The first-order valence-electron chi connectivity index (χ1n) is 7.99. The number of rotatable bonds is 0. The molecule has 2 aliphatic carbocycles. The molecule has 0 aromatic heterocycles. The average Bonchev–Trinajstić information content (AvgIpc) is 2.43. The second-order valence-corrected chi connectivity index (χ2v) is 7.28. The average molecular weight is 285 g/mol. The van der Waals surface area contributed by atoms with Crippen LogP contribution in [0.4, 0.5) is 0 Å². The third kappa shape index (κ3) is 2.40. The van der Waals surface area contributed by atoms with Crippen LogP contribution in [0, 0.1) is 0 Å². The van der Waals surface area contributed by atoms with Crippen LogP contribution in [0.3, 0.4) is 0 Å². The first-order chi connectivity index (χ1) is 9.46. The molecule has 20 heavy (non-hydrogen) atoms.